The summed E-state index contributed by atoms with van der Waals surface area (Å²) < 4.78 is 7.71. The smallest absolute Gasteiger partial charge is 0.249 e. The van der Waals surface area contributed by atoms with E-state index in [4.69, 9.17) is 4.74 Å². The summed E-state index contributed by atoms with van der Waals surface area (Å²) in [7, 11) is 0. The predicted molar refractivity (Wildman–Crippen MR) is 109 cm³/mol. The van der Waals surface area contributed by atoms with Crippen molar-refractivity contribution in [2.45, 2.75) is 45.9 Å². The van der Waals surface area contributed by atoms with Crippen LogP contribution in [0.4, 0.5) is 5.82 Å². The molecule has 3 aromatic rings. The van der Waals surface area contributed by atoms with Crippen molar-refractivity contribution in [3.05, 3.63) is 47.2 Å². The van der Waals surface area contributed by atoms with Crippen LogP contribution in [0.25, 0.3) is 11.4 Å². The number of rotatable bonds is 6. The fraction of sp³-hybridized carbons (Fsp3) is 0.381. The van der Waals surface area contributed by atoms with Crippen LogP contribution in [0.2, 0.25) is 0 Å². The van der Waals surface area contributed by atoms with Crippen molar-refractivity contribution < 1.29 is 9.53 Å². The number of nitriles is 1. The Hall–Kier alpha value is -3.51. The minimum Gasteiger partial charge on any atom is -0.376 e. The molecule has 1 fully saturated rings. The molecule has 154 valence electrons. The average Bonchev–Trinajstić information content (AvgIpc) is 3.47. The van der Waals surface area contributed by atoms with Gasteiger partial charge in [-0.2, -0.15) is 10.1 Å². The van der Waals surface area contributed by atoms with E-state index in [9.17, 15) is 10.1 Å². The normalized spacial score (nSPS) is 15.8. The third kappa shape index (κ3) is 3.95. The van der Waals surface area contributed by atoms with Crippen molar-refractivity contribution in [3.8, 4) is 17.5 Å². The SMILES string of the molecule is Cc1c(C#N)c(NC(=O)Cn2nnc(-c3ccccc3)n2)n(CC2CCCO2)c1C. The highest BCUT2D eigenvalue weighted by atomic mass is 16.5. The van der Waals surface area contributed by atoms with E-state index in [0.29, 0.717) is 23.8 Å². The molecule has 2 aromatic heterocycles. The van der Waals surface area contributed by atoms with Crippen LogP contribution in [-0.2, 0) is 22.6 Å². The van der Waals surface area contributed by atoms with Gasteiger partial charge in [0, 0.05) is 17.9 Å². The first kappa shape index (κ1) is 19.8. The molecule has 1 aliphatic heterocycles. The zero-order valence-electron chi connectivity index (χ0n) is 17.0. The maximum Gasteiger partial charge on any atom is 0.249 e. The number of nitrogens with zero attached hydrogens (tertiary/aromatic N) is 6. The number of tetrazole rings is 1. The van der Waals surface area contributed by atoms with Crippen LogP contribution in [0.3, 0.4) is 0 Å². The lowest BCUT2D eigenvalue weighted by atomic mass is 10.2. The van der Waals surface area contributed by atoms with E-state index in [1.165, 1.54) is 4.80 Å². The van der Waals surface area contributed by atoms with Gasteiger partial charge in [-0.1, -0.05) is 30.3 Å². The molecular weight excluding hydrogens is 382 g/mol. The highest BCUT2D eigenvalue weighted by molar-refractivity contribution is 5.91. The van der Waals surface area contributed by atoms with Crippen LogP contribution < -0.4 is 5.32 Å². The molecule has 1 aromatic carbocycles. The maximum absolute atomic E-state index is 12.7. The number of anilines is 1. The standard InChI is InChI=1S/C21H23N7O2/c1-14-15(2)27(12-17-9-6-10-30-17)21(18(14)11-22)23-19(29)13-28-25-20(24-26-28)16-7-4-3-5-8-16/h3-5,7-8,17H,6,9-10,12-13H2,1-2H3,(H,23,29). The summed E-state index contributed by atoms with van der Waals surface area (Å²) in [6.45, 7) is 5.09. The Morgan fingerprint density at radius 1 is 1.33 bits per heavy atom. The zero-order valence-corrected chi connectivity index (χ0v) is 17.0. The minimum atomic E-state index is -0.324. The van der Waals surface area contributed by atoms with E-state index in [0.717, 1.165) is 36.3 Å². The number of hydrogen-bond donors (Lipinski definition) is 1. The summed E-state index contributed by atoms with van der Waals surface area (Å²) in [5, 5.41) is 24.8. The number of nitrogens with one attached hydrogen (secondary N) is 1. The van der Waals surface area contributed by atoms with Crippen LogP contribution in [0, 0.1) is 25.2 Å². The lowest BCUT2D eigenvalue weighted by molar-refractivity contribution is -0.117. The monoisotopic (exact) mass is 405 g/mol. The molecule has 1 amide bonds. The molecule has 0 radical (unpaired) electrons. The van der Waals surface area contributed by atoms with Gasteiger partial charge in [-0.3, -0.25) is 4.79 Å². The molecule has 3 heterocycles. The van der Waals surface area contributed by atoms with Gasteiger partial charge in [-0.25, -0.2) is 0 Å². The molecule has 4 rings (SSSR count). The van der Waals surface area contributed by atoms with Crippen molar-refractivity contribution in [3.63, 3.8) is 0 Å². The maximum atomic E-state index is 12.7. The molecule has 0 saturated carbocycles. The Morgan fingerprint density at radius 3 is 2.83 bits per heavy atom. The molecule has 1 unspecified atom stereocenters. The number of carbonyl (C=O) groups excluding carboxylic acids is 1. The third-order valence-electron chi connectivity index (χ3n) is 5.38. The molecule has 0 spiro atoms. The van der Waals surface area contributed by atoms with Crippen molar-refractivity contribution in [2.75, 3.05) is 11.9 Å². The highest BCUT2D eigenvalue weighted by Crippen LogP contribution is 2.28. The minimum absolute atomic E-state index is 0.0862. The van der Waals surface area contributed by atoms with E-state index in [2.05, 4.69) is 26.8 Å². The Morgan fingerprint density at radius 2 is 2.13 bits per heavy atom. The lowest BCUT2D eigenvalue weighted by Crippen LogP contribution is -2.24. The Balaban J connectivity index is 1.52. The zero-order chi connectivity index (χ0) is 21.1. The second-order valence-electron chi connectivity index (χ2n) is 7.35. The Bertz CT molecular complexity index is 1090. The third-order valence-corrected chi connectivity index (χ3v) is 5.38. The number of hydrogen-bond acceptors (Lipinski definition) is 6. The molecule has 30 heavy (non-hydrogen) atoms. The summed E-state index contributed by atoms with van der Waals surface area (Å²) in [6.07, 6.45) is 2.08. The van der Waals surface area contributed by atoms with Crippen LogP contribution >= 0.6 is 0 Å². The van der Waals surface area contributed by atoms with Gasteiger partial charge in [0.1, 0.15) is 18.4 Å². The Labute approximate surface area is 174 Å². The fourth-order valence-electron chi connectivity index (χ4n) is 3.66. The number of benzene rings is 1. The first-order valence-corrected chi connectivity index (χ1v) is 9.91. The molecule has 1 aliphatic rings. The molecule has 9 nitrogen and oxygen atoms in total. The first-order chi connectivity index (χ1) is 14.6. The van der Waals surface area contributed by atoms with E-state index < -0.39 is 0 Å². The second-order valence-corrected chi connectivity index (χ2v) is 7.35. The van der Waals surface area contributed by atoms with Gasteiger partial charge in [0.05, 0.1) is 18.2 Å². The van der Waals surface area contributed by atoms with Gasteiger partial charge >= 0.3 is 0 Å². The van der Waals surface area contributed by atoms with E-state index >= 15 is 0 Å². The van der Waals surface area contributed by atoms with Crippen LogP contribution in [0.1, 0.15) is 29.7 Å². The van der Waals surface area contributed by atoms with Crippen LogP contribution in [-0.4, -0.2) is 43.4 Å². The average molecular weight is 405 g/mol. The molecule has 1 atom stereocenters. The van der Waals surface area contributed by atoms with Crippen LogP contribution in [0.15, 0.2) is 30.3 Å². The quantitative estimate of drug-likeness (QED) is 0.674. The molecule has 1 saturated heterocycles. The van der Waals surface area contributed by atoms with Crippen LogP contribution in [0.5, 0.6) is 0 Å². The van der Waals surface area contributed by atoms with Crippen molar-refractivity contribution in [1.29, 1.82) is 5.26 Å². The second kappa shape index (κ2) is 8.47. The summed E-state index contributed by atoms with van der Waals surface area (Å²) in [5.74, 6) is 0.626. The highest BCUT2D eigenvalue weighted by Gasteiger charge is 2.24. The first-order valence-electron chi connectivity index (χ1n) is 9.91. The number of carbonyl (C=O) groups is 1. The lowest BCUT2D eigenvalue weighted by Gasteiger charge is -2.16. The summed E-state index contributed by atoms with van der Waals surface area (Å²) in [5.41, 5.74) is 3.10. The summed E-state index contributed by atoms with van der Waals surface area (Å²) >= 11 is 0. The van der Waals surface area contributed by atoms with Gasteiger partial charge in [0.2, 0.25) is 11.7 Å². The van der Waals surface area contributed by atoms with Crippen molar-refractivity contribution in [1.82, 2.24) is 24.8 Å². The van der Waals surface area contributed by atoms with Crippen molar-refractivity contribution in [2.24, 2.45) is 0 Å². The largest absolute Gasteiger partial charge is 0.376 e. The fourth-order valence-corrected chi connectivity index (χ4v) is 3.66. The van der Waals surface area contributed by atoms with E-state index in [-0.39, 0.29) is 18.6 Å². The summed E-state index contributed by atoms with van der Waals surface area (Å²) in [6, 6.07) is 11.7. The molecule has 0 bridgehead atoms. The van der Waals surface area contributed by atoms with E-state index in [1.54, 1.807) is 0 Å². The number of aromatic nitrogens is 5. The predicted octanol–water partition coefficient (Wildman–Crippen LogP) is 2.45. The summed E-state index contributed by atoms with van der Waals surface area (Å²) in [4.78, 5) is 14.0. The van der Waals surface area contributed by atoms with E-state index in [1.807, 2.05) is 48.7 Å². The Kier molecular flexibility index (Phi) is 5.59. The number of amides is 1. The number of ether oxygens (including phenoxy) is 1. The van der Waals surface area contributed by atoms with Gasteiger partial charge in [-0.05, 0) is 37.5 Å². The molecule has 1 N–H and O–H groups in total. The molecule has 0 aliphatic carbocycles. The van der Waals surface area contributed by atoms with Crippen molar-refractivity contribution >= 4 is 11.7 Å². The van der Waals surface area contributed by atoms with Gasteiger partial charge < -0.3 is 14.6 Å². The molecule has 9 heteroatoms. The van der Waals surface area contributed by atoms with Gasteiger partial charge in [0.15, 0.2) is 0 Å². The topological polar surface area (TPSA) is 111 Å². The van der Waals surface area contributed by atoms with Gasteiger partial charge in [0.25, 0.3) is 0 Å². The molecular formula is C21H23N7O2. The van der Waals surface area contributed by atoms with Gasteiger partial charge in [-0.15, -0.1) is 10.2 Å².